The summed E-state index contributed by atoms with van der Waals surface area (Å²) in [7, 11) is 1.56. The first-order valence-electron chi connectivity index (χ1n) is 8.73. The van der Waals surface area contributed by atoms with E-state index in [4.69, 9.17) is 16.3 Å². The normalized spacial score (nSPS) is 19.2. The highest BCUT2D eigenvalue weighted by atomic mass is 35.5. The van der Waals surface area contributed by atoms with Gasteiger partial charge < -0.3 is 10.1 Å². The maximum absolute atomic E-state index is 13.2. The number of rotatable bonds is 8. The Bertz CT molecular complexity index is 900. The van der Waals surface area contributed by atoms with Crippen LogP contribution < -0.4 is 10.1 Å². The second-order valence-electron chi connectivity index (χ2n) is 6.67. The van der Waals surface area contributed by atoms with Crippen LogP contribution in [-0.4, -0.2) is 42.1 Å². The Morgan fingerprint density at radius 3 is 2.79 bits per heavy atom. The van der Waals surface area contributed by atoms with Crippen LogP contribution in [0.3, 0.4) is 0 Å². The highest BCUT2D eigenvalue weighted by Crippen LogP contribution is 2.31. The first kappa shape index (κ1) is 20.4. The monoisotopic (exact) mass is 419 g/mol. The number of imide groups is 1. The first-order chi connectivity index (χ1) is 13.4. The molecule has 0 saturated carbocycles. The van der Waals surface area contributed by atoms with Gasteiger partial charge in [0.1, 0.15) is 11.3 Å². The average molecular weight is 420 g/mol. The third-order valence-corrected chi connectivity index (χ3v) is 5.87. The van der Waals surface area contributed by atoms with Crippen molar-refractivity contribution in [1.29, 1.82) is 0 Å². The van der Waals surface area contributed by atoms with Gasteiger partial charge >= 0.3 is 6.03 Å². The number of methoxy groups -OCH3 is 1. The number of hydrogen-bond acceptors (Lipinski definition) is 5. The fraction of sp³-hybridized carbons (Fsp3) is 0.300. The molecule has 3 amide bonds. The zero-order valence-electron chi connectivity index (χ0n) is 15.8. The van der Waals surface area contributed by atoms with Crippen LogP contribution in [0.2, 0.25) is 4.34 Å². The summed E-state index contributed by atoms with van der Waals surface area (Å²) in [6.45, 7) is 6.73. The molecule has 3 rings (SSSR count). The molecule has 28 heavy (non-hydrogen) atoms. The van der Waals surface area contributed by atoms with E-state index in [-0.39, 0.29) is 12.6 Å². The number of nitrogens with one attached hydrogen (secondary N) is 1. The van der Waals surface area contributed by atoms with Gasteiger partial charge in [0.25, 0.3) is 5.91 Å². The van der Waals surface area contributed by atoms with Crippen LogP contribution in [0, 0.1) is 0 Å². The Kier molecular flexibility index (Phi) is 6.07. The van der Waals surface area contributed by atoms with Crippen LogP contribution in [0.4, 0.5) is 4.79 Å². The lowest BCUT2D eigenvalue weighted by Gasteiger charge is -2.26. The summed E-state index contributed by atoms with van der Waals surface area (Å²) in [5, 5.41) is 2.82. The second-order valence-corrected chi connectivity index (χ2v) is 8.47. The molecule has 0 unspecified atom stereocenters. The molecule has 6 nitrogen and oxygen atoms in total. The van der Waals surface area contributed by atoms with E-state index in [9.17, 15) is 9.59 Å². The largest absolute Gasteiger partial charge is 0.497 e. The Labute approximate surface area is 173 Å². The van der Waals surface area contributed by atoms with Crippen molar-refractivity contribution >= 4 is 34.9 Å². The van der Waals surface area contributed by atoms with E-state index in [1.54, 1.807) is 44.4 Å². The summed E-state index contributed by atoms with van der Waals surface area (Å²) in [5.74, 6) is 0.325. The minimum absolute atomic E-state index is 0.158. The van der Waals surface area contributed by atoms with Crippen LogP contribution in [0.15, 0.2) is 49.1 Å². The van der Waals surface area contributed by atoms with Crippen LogP contribution in [0.25, 0.3) is 0 Å². The van der Waals surface area contributed by atoms with Crippen molar-refractivity contribution in [1.82, 2.24) is 15.1 Å². The predicted octanol–water partition coefficient (Wildman–Crippen LogP) is 3.82. The van der Waals surface area contributed by atoms with E-state index in [0.29, 0.717) is 28.7 Å². The van der Waals surface area contributed by atoms with Gasteiger partial charge in [-0.3, -0.25) is 9.69 Å². The van der Waals surface area contributed by atoms with Gasteiger partial charge in [0.15, 0.2) is 0 Å². The molecule has 1 atom stereocenters. The van der Waals surface area contributed by atoms with E-state index < -0.39 is 11.6 Å². The Morgan fingerprint density at radius 1 is 1.36 bits per heavy atom. The maximum atomic E-state index is 13.2. The average Bonchev–Trinajstić information content (AvgIpc) is 3.18. The number of nitrogens with zero attached hydrogens (tertiary/aromatic N) is 2. The second kappa shape index (κ2) is 8.34. The number of urea groups is 1. The van der Waals surface area contributed by atoms with Gasteiger partial charge in [0.05, 0.1) is 18.1 Å². The molecular formula is C20H22ClN3O3S. The SMILES string of the molecule is C=CCN(Cc1ccc(Cl)s1)CN1C(=O)N[C@](C)(c2cccc(OC)c2)C1=O. The van der Waals surface area contributed by atoms with E-state index in [2.05, 4.69) is 11.9 Å². The molecule has 0 spiro atoms. The fourth-order valence-electron chi connectivity index (χ4n) is 3.17. The zero-order valence-corrected chi connectivity index (χ0v) is 17.3. The number of carbonyl (C=O) groups excluding carboxylic acids is 2. The number of amides is 3. The minimum atomic E-state index is -1.14. The van der Waals surface area contributed by atoms with Crippen LogP contribution in [0.1, 0.15) is 17.4 Å². The zero-order chi connectivity index (χ0) is 20.3. The van der Waals surface area contributed by atoms with Gasteiger partial charge in [0.2, 0.25) is 0 Å². The van der Waals surface area contributed by atoms with Crippen molar-refractivity contribution in [2.24, 2.45) is 0 Å². The number of ether oxygens (including phenoxy) is 1. The fourth-order valence-corrected chi connectivity index (χ4v) is 4.30. The molecule has 1 aliphatic rings. The number of halogens is 1. The molecule has 1 aromatic heterocycles. The van der Waals surface area contributed by atoms with Crippen LogP contribution in [0.5, 0.6) is 5.75 Å². The third-order valence-electron chi connectivity index (χ3n) is 4.66. The molecule has 1 aromatic carbocycles. The molecule has 148 valence electrons. The summed E-state index contributed by atoms with van der Waals surface area (Å²) in [4.78, 5) is 30.0. The van der Waals surface area contributed by atoms with Crippen LogP contribution >= 0.6 is 22.9 Å². The smallest absolute Gasteiger partial charge is 0.326 e. The van der Waals surface area contributed by atoms with E-state index in [0.717, 1.165) is 4.88 Å². The topological polar surface area (TPSA) is 61.9 Å². The van der Waals surface area contributed by atoms with Crippen molar-refractivity contribution in [2.75, 3.05) is 20.3 Å². The van der Waals surface area contributed by atoms with Crippen molar-refractivity contribution in [2.45, 2.75) is 19.0 Å². The lowest BCUT2D eigenvalue weighted by molar-refractivity contribution is -0.132. The third kappa shape index (κ3) is 4.06. The number of carbonyl (C=O) groups is 2. The Morgan fingerprint density at radius 2 is 2.14 bits per heavy atom. The van der Waals surface area contributed by atoms with Crippen molar-refractivity contribution in [3.05, 3.63) is 63.8 Å². The summed E-state index contributed by atoms with van der Waals surface area (Å²) in [6, 6.07) is 10.5. The lowest BCUT2D eigenvalue weighted by Crippen LogP contribution is -2.43. The number of hydrogen-bond donors (Lipinski definition) is 1. The molecule has 1 N–H and O–H groups in total. The molecular weight excluding hydrogens is 398 g/mol. The van der Waals surface area contributed by atoms with Crippen molar-refractivity contribution in [3.8, 4) is 5.75 Å². The Balaban J connectivity index is 1.80. The molecule has 2 aromatic rings. The van der Waals surface area contributed by atoms with Gasteiger partial charge in [-0.2, -0.15) is 0 Å². The molecule has 8 heteroatoms. The standard InChI is InChI=1S/C20H22ClN3O3S/c1-4-10-23(12-16-8-9-17(21)28-16)13-24-18(25)20(2,22-19(24)26)14-6-5-7-15(11-14)27-3/h4-9,11H,1,10,12-13H2,2-3H3,(H,22,26)/t20-/m1/s1. The van der Waals surface area contributed by atoms with Gasteiger partial charge in [-0.25, -0.2) is 9.69 Å². The number of benzene rings is 1. The van der Waals surface area contributed by atoms with Crippen molar-refractivity contribution < 1.29 is 14.3 Å². The van der Waals surface area contributed by atoms with E-state index in [1.165, 1.54) is 16.2 Å². The number of thiophene rings is 1. The van der Waals surface area contributed by atoms with Gasteiger partial charge in [-0.1, -0.05) is 29.8 Å². The van der Waals surface area contributed by atoms with E-state index in [1.807, 2.05) is 17.0 Å². The van der Waals surface area contributed by atoms with E-state index >= 15 is 0 Å². The van der Waals surface area contributed by atoms with Gasteiger partial charge in [-0.05, 0) is 36.8 Å². The lowest BCUT2D eigenvalue weighted by atomic mass is 9.92. The predicted molar refractivity (Wildman–Crippen MR) is 111 cm³/mol. The summed E-state index contributed by atoms with van der Waals surface area (Å²) >= 11 is 7.48. The minimum Gasteiger partial charge on any atom is -0.497 e. The molecule has 2 heterocycles. The Hall–Kier alpha value is -2.35. The highest BCUT2D eigenvalue weighted by molar-refractivity contribution is 7.16. The summed E-state index contributed by atoms with van der Waals surface area (Å²) in [6.07, 6.45) is 1.74. The van der Waals surface area contributed by atoms with Crippen LogP contribution in [-0.2, 0) is 16.9 Å². The van der Waals surface area contributed by atoms with Gasteiger partial charge in [-0.15, -0.1) is 17.9 Å². The van der Waals surface area contributed by atoms with Gasteiger partial charge in [0, 0.05) is 18.0 Å². The molecule has 0 radical (unpaired) electrons. The molecule has 0 bridgehead atoms. The molecule has 1 aliphatic heterocycles. The quantitative estimate of drug-likeness (QED) is 0.522. The van der Waals surface area contributed by atoms with Crippen molar-refractivity contribution in [3.63, 3.8) is 0 Å². The molecule has 0 aliphatic carbocycles. The summed E-state index contributed by atoms with van der Waals surface area (Å²) < 4.78 is 5.95. The first-order valence-corrected chi connectivity index (χ1v) is 9.93. The maximum Gasteiger partial charge on any atom is 0.326 e. The summed E-state index contributed by atoms with van der Waals surface area (Å²) in [5.41, 5.74) is -0.467. The molecule has 1 saturated heterocycles. The molecule has 1 fully saturated rings. The highest BCUT2D eigenvalue weighted by Gasteiger charge is 2.49.